The van der Waals surface area contributed by atoms with Crippen molar-refractivity contribution in [3.8, 4) is 0 Å². The molecule has 0 radical (unpaired) electrons. The Morgan fingerprint density at radius 1 is 1.10 bits per heavy atom. The molecule has 1 aromatic heterocycles. The van der Waals surface area contributed by atoms with Gasteiger partial charge in [-0.05, 0) is 36.6 Å². The molecular formula is C32H40ClN3O4S. The van der Waals surface area contributed by atoms with Crippen molar-refractivity contribution in [2.75, 3.05) is 32.8 Å². The van der Waals surface area contributed by atoms with Crippen LogP contribution in [0.3, 0.4) is 0 Å². The van der Waals surface area contributed by atoms with E-state index in [9.17, 15) is 14.4 Å². The lowest BCUT2D eigenvalue weighted by Gasteiger charge is -2.29. The number of ketones is 2. The lowest BCUT2D eigenvalue weighted by atomic mass is 9.93. The fourth-order valence-electron chi connectivity index (χ4n) is 5.20. The molecule has 0 spiro atoms. The molecular weight excluding hydrogens is 558 g/mol. The van der Waals surface area contributed by atoms with Crippen LogP contribution in [-0.4, -0.2) is 66.2 Å². The summed E-state index contributed by atoms with van der Waals surface area (Å²) in [7, 11) is 0. The van der Waals surface area contributed by atoms with Crippen molar-refractivity contribution < 1.29 is 19.1 Å². The maximum atomic E-state index is 13.7. The molecule has 7 nitrogen and oxygen atoms in total. The van der Waals surface area contributed by atoms with Crippen LogP contribution >= 0.6 is 22.9 Å². The standard InChI is InChI=1S/C32H40ClN3O4S/c1-3-27(37)18-24(19-31-35-28-11-9-25(33)20-30(28)41-31)32(39)34-26(17-23-7-5-4-6-8-23)10-12-29(38)22(2)21-36-13-15-40-16-14-36/h4-9,11,20,22,24,26H,3,10,12-19,21H2,1-2H3,(H,34,39)/t22-,24-,26+/m0/s1. The fraction of sp³-hybridized carbons (Fsp3) is 0.500. The number of rotatable bonds is 15. The number of thiazole rings is 1. The number of nitrogens with zero attached hydrogens (tertiary/aromatic N) is 2. The summed E-state index contributed by atoms with van der Waals surface area (Å²) in [6.45, 7) is 7.65. The number of hydrogen-bond donors (Lipinski definition) is 1. The second kappa shape index (κ2) is 15.5. The van der Waals surface area contributed by atoms with Crippen LogP contribution in [0.25, 0.3) is 10.2 Å². The Labute approximate surface area is 251 Å². The molecule has 1 aliphatic heterocycles. The molecule has 0 saturated carbocycles. The van der Waals surface area contributed by atoms with Crippen molar-refractivity contribution in [1.29, 1.82) is 0 Å². The summed E-state index contributed by atoms with van der Waals surface area (Å²) in [5.41, 5.74) is 1.93. The minimum absolute atomic E-state index is 0.0426. The molecule has 1 N–H and O–H groups in total. The van der Waals surface area contributed by atoms with Gasteiger partial charge >= 0.3 is 0 Å². The van der Waals surface area contributed by atoms with Crippen molar-refractivity contribution in [3.05, 3.63) is 64.1 Å². The summed E-state index contributed by atoms with van der Waals surface area (Å²) in [5, 5.41) is 4.66. The van der Waals surface area contributed by atoms with Crippen molar-refractivity contribution >= 4 is 50.6 Å². The minimum Gasteiger partial charge on any atom is -0.379 e. The van der Waals surface area contributed by atoms with Crippen LogP contribution in [0.2, 0.25) is 5.02 Å². The molecule has 0 unspecified atom stereocenters. The number of aromatic nitrogens is 1. The monoisotopic (exact) mass is 597 g/mol. The summed E-state index contributed by atoms with van der Waals surface area (Å²) in [6.07, 6.45) is 2.46. The number of nitrogens with one attached hydrogen (secondary N) is 1. The minimum atomic E-state index is -0.535. The van der Waals surface area contributed by atoms with E-state index in [-0.39, 0.29) is 35.9 Å². The van der Waals surface area contributed by atoms with E-state index in [0.29, 0.717) is 50.3 Å². The molecule has 220 valence electrons. The maximum absolute atomic E-state index is 13.7. The largest absolute Gasteiger partial charge is 0.379 e. The van der Waals surface area contributed by atoms with Crippen molar-refractivity contribution in [2.24, 2.45) is 11.8 Å². The Balaban J connectivity index is 1.44. The first kappa shape index (κ1) is 31.3. The number of Topliss-reactive ketones (excluding diaryl/α,β-unsaturated/α-hetero) is 2. The third kappa shape index (κ3) is 9.70. The number of morpholine rings is 1. The number of carbonyl (C=O) groups is 3. The van der Waals surface area contributed by atoms with E-state index < -0.39 is 5.92 Å². The molecule has 2 heterocycles. The fourth-order valence-corrected chi connectivity index (χ4v) is 6.52. The van der Waals surface area contributed by atoms with Gasteiger partial charge in [0.05, 0.1) is 34.4 Å². The first-order valence-corrected chi connectivity index (χ1v) is 15.7. The van der Waals surface area contributed by atoms with Crippen molar-refractivity contribution in [1.82, 2.24) is 15.2 Å². The van der Waals surface area contributed by atoms with E-state index in [1.807, 2.05) is 56.3 Å². The normalized spacial score (nSPS) is 16.3. The average Bonchev–Trinajstić information content (AvgIpc) is 3.37. The molecule has 9 heteroatoms. The van der Waals surface area contributed by atoms with Gasteiger partial charge in [-0.3, -0.25) is 19.3 Å². The molecule has 4 rings (SSSR count). The van der Waals surface area contributed by atoms with Gasteiger partial charge in [0.2, 0.25) is 5.91 Å². The van der Waals surface area contributed by atoms with Crippen LogP contribution in [0.4, 0.5) is 0 Å². The predicted molar refractivity (Wildman–Crippen MR) is 164 cm³/mol. The summed E-state index contributed by atoms with van der Waals surface area (Å²) in [6, 6.07) is 15.3. The van der Waals surface area contributed by atoms with Gasteiger partial charge in [0.15, 0.2) is 0 Å². The Hall–Kier alpha value is -2.65. The van der Waals surface area contributed by atoms with Gasteiger partial charge in [-0.1, -0.05) is 55.8 Å². The highest BCUT2D eigenvalue weighted by Crippen LogP contribution is 2.28. The average molecular weight is 598 g/mol. The Morgan fingerprint density at radius 2 is 1.85 bits per heavy atom. The second-order valence-electron chi connectivity index (χ2n) is 10.9. The number of carbonyl (C=O) groups excluding carboxylic acids is 3. The topological polar surface area (TPSA) is 88.6 Å². The predicted octanol–water partition coefficient (Wildman–Crippen LogP) is 5.52. The quantitative estimate of drug-likeness (QED) is 0.248. The molecule has 0 bridgehead atoms. The summed E-state index contributed by atoms with van der Waals surface area (Å²) in [5.74, 6) is -0.536. The Bertz CT molecular complexity index is 1310. The van der Waals surface area contributed by atoms with E-state index in [1.165, 1.54) is 11.3 Å². The van der Waals surface area contributed by atoms with E-state index in [0.717, 1.165) is 40.4 Å². The van der Waals surface area contributed by atoms with Gasteiger partial charge in [-0.25, -0.2) is 4.98 Å². The molecule has 1 saturated heterocycles. The smallest absolute Gasteiger partial charge is 0.224 e. The highest BCUT2D eigenvalue weighted by Gasteiger charge is 2.27. The Kier molecular flexibility index (Phi) is 11.9. The first-order chi connectivity index (χ1) is 19.8. The number of amides is 1. The zero-order valence-electron chi connectivity index (χ0n) is 23.9. The number of benzene rings is 2. The van der Waals surface area contributed by atoms with Crippen molar-refractivity contribution in [2.45, 2.75) is 58.4 Å². The summed E-state index contributed by atoms with van der Waals surface area (Å²) in [4.78, 5) is 46.3. The maximum Gasteiger partial charge on any atom is 0.224 e. The van der Waals surface area contributed by atoms with E-state index in [2.05, 4.69) is 10.2 Å². The van der Waals surface area contributed by atoms with Gasteiger partial charge in [-0.2, -0.15) is 0 Å². The summed E-state index contributed by atoms with van der Waals surface area (Å²) >= 11 is 7.66. The molecule has 1 amide bonds. The van der Waals surface area contributed by atoms with Crippen LogP contribution in [0, 0.1) is 11.8 Å². The third-order valence-electron chi connectivity index (χ3n) is 7.65. The van der Waals surface area contributed by atoms with E-state index in [1.54, 1.807) is 6.07 Å². The number of ether oxygens (including phenoxy) is 1. The molecule has 41 heavy (non-hydrogen) atoms. The molecule has 0 aliphatic carbocycles. The highest BCUT2D eigenvalue weighted by atomic mass is 35.5. The van der Waals surface area contributed by atoms with Crippen molar-refractivity contribution in [3.63, 3.8) is 0 Å². The number of hydrogen-bond acceptors (Lipinski definition) is 7. The van der Waals surface area contributed by atoms with Crippen LogP contribution in [0.5, 0.6) is 0 Å². The molecule has 2 aromatic carbocycles. The van der Waals surface area contributed by atoms with Crippen LogP contribution in [0.1, 0.15) is 50.1 Å². The molecule has 1 fully saturated rings. The zero-order valence-corrected chi connectivity index (χ0v) is 25.5. The van der Waals surface area contributed by atoms with E-state index >= 15 is 0 Å². The second-order valence-corrected chi connectivity index (χ2v) is 12.5. The highest BCUT2D eigenvalue weighted by molar-refractivity contribution is 7.18. The number of halogens is 1. The first-order valence-electron chi connectivity index (χ1n) is 14.5. The van der Waals surface area contributed by atoms with Gasteiger partial charge < -0.3 is 10.1 Å². The molecule has 3 aromatic rings. The Morgan fingerprint density at radius 3 is 2.59 bits per heavy atom. The third-order valence-corrected chi connectivity index (χ3v) is 8.93. The number of fused-ring (bicyclic) bond motifs is 1. The lowest BCUT2D eigenvalue weighted by Crippen LogP contribution is -2.42. The van der Waals surface area contributed by atoms with Gasteiger partial charge in [-0.15, -0.1) is 11.3 Å². The van der Waals surface area contributed by atoms with Gasteiger partial charge in [0.25, 0.3) is 0 Å². The van der Waals surface area contributed by atoms with Crippen LogP contribution < -0.4 is 5.32 Å². The molecule has 1 aliphatic rings. The van der Waals surface area contributed by atoms with Crippen LogP contribution in [-0.2, 0) is 32.0 Å². The van der Waals surface area contributed by atoms with E-state index in [4.69, 9.17) is 21.3 Å². The van der Waals surface area contributed by atoms with Crippen LogP contribution in [0.15, 0.2) is 48.5 Å². The SMILES string of the molecule is CCC(=O)C[C@@H](Cc1nc2ccc(Cl)cc2s1)C(=O)N[C@H](CCC(=O)[C@@H](C)CN1CCOCC1)Cc1ccccc1. The van der Waals surface area contributed by atoms with Gasteiger partial charge in [0, 0.05) is 62.3 Å². The van der Waals surface area contributed by atoms with Gasteiger partial charge in [0.1, 0.15) is 11.6 Å². The summed E-state index contributed by atoms with van der Waals surface area (Å²) < 4.78 is 6.38. The lowest BCUT2D eigenvalue weighted by molar-refractivity contribution is -0.130. The molecule has 3 atom stereocenters. The zero-order chi connectivity index (χ0) is 29.2.